The van der Waals surface area contributed by atoms with E-state index in [-0.39, 0.29) is 5.28 Å². The maximum Gasteiger partial charge on any atom is 0.226 e. The minimum absolute atomic E-state index is 0.138. The maximum absolute atomic E-state index is 5.89. The van der Waals surface area contributed by atoms with Crippen LogP contribution in [0.15, 0.2) is 18.2 Å². The Morgan fingerprint density at radius 2 is 2.00 bits per heavy atom. The van der Waals surface area contributed by atoms with Crippen molar-refractivity contribution in [2.75, 3.05) is 12.5 Å². The molecule has 2 rings (SSSR count). The van der Waals surface area contributed by atoms with E-state index in [0.29, 0.717) is 28.9 Å². The molecule has 0 amide bonds. The quantitative estimate of drug-likeness (QED) is 0.635. The normalized spacial score (nSPS) is 10.7. The average Bonchev–Trinajstić information content (AvgIpc) is 2.26. The van der Waals surface area contributed by atoms with Gasteiger partial charge in [-0.2, -0.15) is 4.98 Å². The number of aromatic nitrogens is 2. The zero-order valence-electron chi connectivity index (χ0n) is 8.08. The summed E-state index contributed by atoms with van der Waals surface area (Å²) in [6, 6.07) is 5.23. The summed E-state index contributed by atoms with van der Waals surface area (Å²) in [6.07, 6.45) is 0. The average molecular weight is 278 g/mol. The molecule has 0 aliphatic rings. The molecule has 1 aromatic carbocycles. The standard InChI is InChI=1S/C10H7Cl3N2O/c11-3-4-16-9-7-5-6(12)1-2-8(7)14-10(13)15-9/h1-2,5H,3-4H2. The van der Waals surface area contributed by atoms with E-state index in [4.69, 9.17) is 39.5 Å². The molecule has 0 N–H and O–H groups in total. The molecule has 0 bridgehead atoms. The Hall–Kier alpha value is -0.770. The van der Waals surface area contributed by atoms with Gasteiger partial charge in [0.1, 0.15) is 6.61 Å². The highest BCUT2D eigenvalue weighted by Gasteiger charge is 2.08. The highest BCUT2D eigenvalue weighted by Crippen LogP contribution is 2.26. The van der Waals surface area contributed by atoms with Crippen LogP contribution in [0.1, 0.15) is 0 Å². The van der Waals surface area contributed by atoms with Crippen molar-refractivity contribution in [3.8, 4) is 5.88 Å². The smallest absolute Gasteiger partial charge is 0.226 e. The van der Waals surface area contributed by atoms with Crippen LogP contribution in [0, 0.1) is 0 Å². The van der Waals surface area contributed by atoms with Crippen molar-refractivity contribution in [2.24, 2.45) is 0 Å². The van der Waals surface area contributed by atoms with Gasteiger partial charge in [0.05, 0.1) is 16.8 Å². The topological polar surface area (TPSA) is 35.0 Å². The van der Waals surface area contributed by atoms with Gasteiger partial charge in [0.25, 0.3) is 0 Å². The monoisotopic (exact) mass is 276 g/mol. The summed E-state index contributed by atoms with van der Waals surface area (Å²) in [4.78, 5) is 8.06. The molecule has 1 aromatic heterocycles. The summed E-state index contributed by atoms with van der Waals surface area (Å²) in [5.74, 6) is 0.780. The van der Waals surface area contributed by atoms with Gasteiger partial charge >= 0.3 is 0 Å². The van der Waals surface area contributed by atoms with E-state index < -0.39 is 0 Å². The third kappa shape index (κ3) is 2.48. The van der Waals surface area contributed by atoms with Gasteiger partial charge in [-0.3, -0.25) is 0 Å². The number of hydrogen-bond donors (Lipinski definition) is 0. The van der Waals surface area contributed by atoms with Crippen LogP contribution in [-0.4, -0.2) is 22.5 Å². The molecule has 0 aliphatic carbocycles. The van der Waals surface area contributed by atoms with Crippen molar-refractivity contribution in [1.82, 2.24) is 9.97 Å². The highest BCUT2D eigenvalue weighted by atomic mass is 35.5. The number of nitrogens with zero attached hydrogens (tertiary/aromatic N) is 2. The number of fused-ring (bicyclic) bond motifs is 1. The van der Waals surface area contributed by atoms with E-state index in [0.717, 1.165) is 5.39 Å². The summed E-state index contributed by atoms with van der Waals surface area (Å²) in [5.41, 5.74) is 0.689. The minimum atomic E-state index is 0.138. The highest BCUT2D eigenvalue weighted by molar-refractivity contribution is 6.31. The molecule has 0 unspecified atom stereocenters. The van der Waals surface area contributed by atoms with E-state index in [1.54, 1.807) is 18.2 Å². The number of rotatable bonds is 3. The molecule has 16 heavy (non-hydrogen) atoms. The molecule has 0 spiro atoms. The summed E-state index contributed by atoms with van der Waals surface area (Å²) in [6.45, 7) is 0.358. The molecular weight excluding hydrogens is 270 g/mol. The van der Waals surface area contributed by atoms with Crippen molar-refractivity contribution in [3.05, 3.63) is 28.5 Å². The molecule has 6 heteroatoms. The van der Waals surface area contributed by atoms with Crippen LogP contribution in [0.5, 0.6) is 5.88 Å². The van der Waals surface area contributed by atoms with Gasteiger partial charge < -0.3 is 4.74 Å². The summed E-state index contributed by atoms with van der Waals surface area (Å²) < 4.78 is 5.38. The predicted octanol–water partition coefficient (Wildman–Crippen LogP) is 3.55. The van der Waals surface area contributed by atoms with Gasteiger partial charge in [-0.1, -0.05) is 11.6 Å². The lowest BCUT2D eigenvalue weighted by molar-refractivity contribution is 0.333. The Balaban J connectivity index is 2.55. The van der Waals surface area contributed by atoms with Gasteiger partial charge in [0.2, 0.25) is 11.2 Å². The van der Waals surface area contributed by atoms with Gasteiger partial charge in [-0.25, -0.2) is 4.98 Å². The van der Waals surface area contributed by atoms with Gasteiger partial charge in [-0.05, 0) is 29.8 Å². The van der Waals surface area contributed by atoms with Crippen molar-refractivity contribution in [1.29, 1.82) is 0 Å². The Morgan fingerprint density at radius 3 is 2.75 bits per heavy atom. The first-order valence-electron chi connectivity index (χ1n) is 4.52. The fourth-order valence-electron chi connectivity index (χ4n) is 1.29. The van der Waals surface area contributed by atoms with Crippen molar-refractivity contribution >= 4 is 45.7 Å². The zero-order chi connectivity index (χ0) is 11.5. The van der Waals surface area contributed by atoms with Crippen LogP contribution in [0.2, 0.25) is 10.3 Å². The van der Waals surface area contributed by atoms with Crippen LogP contribution in [0.3, 0.4) is 0 Å². The summed E-state index contributed by atoms with van der Waals surface area (Å²) >= 11 is 17.2. The zero-order valence-corrected chi connectivity index (χ0v) is 10.4. The number of ether oxygens (including phenoxy) is 1. The van der Waals surface area contributed by atoms with Crippen LogP contribution in [-0.2, 0) is 0 Å². The Bertz CT molecular complexity index is 519. The third-order valence-corrected chi connectivity index (χ3v) is 2.47. The summed E-state index contributed by atoms with van der Waals surface area (Å²) in [7, 11) is 0. The summed E-state index contributed by atoms with van der Waals surface area (Å²) in [5, 5.41) is 1.45. The molecule has 0 saturated heterocycles. The van der Waals surface area contributed by atoms with Crippen LogP contribution < -0.4 is 4.74 Å². The molecule has 1 heterocycles. The van der Waals surface area contributed by atoms with E-state index in [1.165, 1.54) is 0 Å². The Morgan fingerprint density at radius 1 is 1.19 bits per heavy atom. The molecule has 2 aromatic rings. The van der Waals surface area contributed by atoms with E-state index >= 15 is 0 Å². The van der Waals surface area contributed by atoms with E-state index in [1.807, 2.05) is 0 Å². The molecule has 0 atom stereocenters. The Kier molecular flexibility index (Phi) is 3.69. The van der Waals surface area contributed by atoms with Crippen LogP contribution in [0.25, 0.3) is 10.9 Å². The molecule has 0 aliphatic heterocycles. The van der Waals surface area contributed by atoms with Crippen molar-refractivity contribution < 1.29 is 4.74 Å². The maximum atomic E-state index is 5.89. The first kappa shape index (κ1) is 11.7. The van der Waals surface area contributed by atoms with Crippen molar-refractivity contribution in [2.45, 2.75) is 0 Å². The molecule has 3 nitrogen and oxygen atoms in total. The number of hydrogen-bond acceptors (Lipinski definition) is 3. The number of halogens is 3. The van der Waals surface area contributed by atoms with Gasteiger partial charge in [0.15, 0.2) is 0 Å². The third-order valence-electron chi connectivity index (χ3n) is 1.91. The van der Waals surface area contributed by atoms with Crippen LogP contribution in [0.4, 0.5) is 0 Å². The number of benzene rings is 1. The van der Waals surface area contributed by atoms with Gasteiger partial charge in [-0.15, -0.1) is 11.6 Å². The predicted molar refractivity (Wildman–Crippen MR) is 65.8 cm³/mol. The molecule has 84 valence electrons. The number of alkyl halides is 1. The fourth-order valence-corrected chi connectivity index (χ4v) is 1.71. The molecule has 0 fully saturated rings. The first-order valence-corrected chi connectivity index (χ1v) is 5.81. The lowest BCUT2D eigenvalue weighted by Crippen LogP contribution is -2.01. The van der Waals surface area contributed by atoms with Crippen molar-refractivity contribution in [3.63, 3.8) is 0 Å². The second kappa shape index (κ2) is 5.04. The molecular formula is C10H7Cl3N2O. The second-order valence-corrected chi connectivity index (χ2v) is 4.15. The van der Waals surface area contributed by atoms with Crippen LogP contribution >= 0.6 is 34.8 Å². The fraction of sp³-hybridized carbons (Fsp3) is 0.200. The largest absolute Gasteiger partial charge is 0.476 e. The Labute approximate surface area is 107 Å². The SMILES string of the molecule is ClCCOc1nc(Cl)nc2ccc(Cl)cc12. The van der Waals surface area contributed by atoms with Gasteiger partial charge in [0, 0.05) is 5.02 Å². The molecule has 0 saturated carbocycles. The lowest BCUT2D eigenvalue weighted by atomic mass is 10.2. The molecule has 0 radical (unpaired) electrons. The van der Waals surface area contributed by atoms with E-state index in [2.05, 4.69) is 9.97 Å². The minimum Gasteiger partial charge on any atom is -0.476 e. The first-order chi connectivity index (χ1) is 7.70. The lowest BCUT2D eigenvalue weighted by Gasteiger charge is -2.07. The second-order valence-electron chi connectivity index (χ2n) is 3.00. The van der Waals surface area contributed by atoms with E-state index in [9.17, 15) is 0 Å².